The summed E-state index contributed by atoms with van der Waals surface area (Å²) in [4.78, 5) is 0. The van der Waals surface area contributed by atoms with Crippen molar-refractivity contribution in [3.63, 3.8) is 0 Å². The van der Waals surface area contributed by atoms with Crippen LogP contribution in [-0.4, -0.2) is 94.0 Å². The van der Waals surface area contributed by atoms with E-state index in [1.807, 2.05) is 0 Å². The predicted molar refractivity (Wildman–Crippen MR) is 156 cm³/mol. The highest BCUT2D eigenvalue weighted by Gasteiger charge is 2.29. The molecule has 0 heterocycles. The maximum atomic E-state index is 5.52. The molecular formula is C25H56O8Si4. The van der Waals surface area contributed by atoms with Crippen molar-refractivity contribution >= 4 is 37.1 Å². The van der Waals surface area contributed by atoms with Crippen molar-refractivity contribution in [3.05, 3.63) is 0 Å². The summed E-state index contributed by atoms with van der Waals surface area (Å²) in [5, 5.41) is 0. The zero-order valence-corrected chi connectivity index (χ0v) is 29.1. The van der Waals surface area contributed by atoms with Crippen molar-refractivity contribution in [3.8, 4) is 0 Å². The molecule has 220 valence electrons. The molecule has 37 heavy (non-hydrogen) atoms. The quantitative estimate of drug-likeness (QED) is 0.0832. The SMILES string of the molecule is CO[Si](CCCCC(CCCC[Si](OC)OC)(CCCC[Si](OC)OC)CCCC[Si](OC)OC)OC. The van der Waals surface area contributed by atoms with Crippen molar-refractivity contribution < 1.29 is 35.4 Å². The molecule has 0 N–H and O–H groups in total. The van der Waals surface area contributed by atoms with Gasteiger partial charge in [0.05, 0.1) is 0 Å². The highest BCUT2D eigenvalue weighted by molar-refractivity contribution is 6.45. The molecule has 12 heteroatoms. The number of hydrogen-bond donors (Lipinski definition) is 0. The second-order valence-electron chi connectivity index (χ2n) is 9.45. The minimum atomic E-state index is -1.12. The van der Waals surface area contributed by atoms with E-state index in [9.17, 15) is 0 Å². The lowest BCUT2D eigenvalue weighted by Gasteiger charge is -2.35. The van der Waals surface area contributed by atoms with Gasteiger partial charge in [-0.25, -0.2) is 0 Å². The van der Waals surface area contributed by atoms with E-state index in [0.29, 0.717) is 5.41 Å². The largest absolute Gasteiger partial charge is 0.397 e. The first-order valence-corrected chi connectivity index (χ1v) is 19.8. The number of rotatable bonds is 28. The van der Waals surface area contributed by atoms with Gasteiger partial charge in [0.1, 0.15) is 0 Å². The van der Waals surface area contributed by atoms with Crippen LogP contribution in [0.5, 0.6) is 0 Å². The van der Waals surface area contributed by atoms with Gasteiger partial charge in [-0.1, -0.05) is 51.4 Å². The summed E-state index contributed by atoms with van der Waals surface area (Å²) >= 11 is 0. The van der Waals surface area contributed by atoms with Crippen molar-refractivity contribution in [2.24, 2.45) is 5.41 Å². The highest BCUT2D eigenvalue weighted by Crippen LogP contribution is 2.42. The van der Waals surface area contributed by atoms with E-state index in [0.717, 1.165) is 24.2 Å². The van der Waals surface area contributed by atoms with Crippen LogP contribution >= 0.6 is 0 Å². The van der Waals surface area contributed by atoms with Gasteiger partial charge in [-0.2, -0.15) is 0 Å². The van der Waals surface area contributed by atoms with Gasteiger partial charge >= 0.3 is 37.1 Å². The molecule has 0 aliphatic carbocycles. The average molecular weight is 597 g/mol. The monoisotopic (exact) mass is 596 g/mol. The van der Waals surface area contributed by atoms with Crippen molar-refractivity contribution in [1.29, 1.82) is 0 Å². The molecule has 8 nitrogen and oxygen atoms in total. The normalized spacial score (nSPS) is 12.6. The van der Waals surface area contributed by atoms with Gasteiger partial charge in [0.2, 0.25) is 0 Å². The third-order valence-corrected chi connectivity index (χ3v) is 13.9. The Bertz CT molecular complexity index is 394. The number of hydrogen-bond acceptors (Lipinski definition) is 8. The van der Waals surface area contributed by atoms with Gasteiger partial charge < -0.3 is 35.4 Å². The Hall–Kier alpha value is 0.548. The van der Waals surface area contributed by atoms with Gasteiger partial charge in [0.15, 0.2) is 0 Å². The van der Waals surface area contributed by atoms with E-state index in [1.54, 1.807) is 56.9 Å². The molecule has 0 saturated heterocycles. The molecular weight excluding hydrogens is 541 g/mol. The fourth-order valence-electron chi connectivity index (χ4n) is 4.98. The molecule has 0 aliphatic heterocycles. The second kappa shape index (κ2) is 25.5. The van der Waals surface area contributed by atoms with E-state index < -0.39 is 37.1 Å². The van der Waals surface area contributed by atoms with Gasteiger partial charge in [0, 0.05) is 56.9 Å². The molecule has 4 radical (unpaired) electrons. The fraction of sp³-hybridized carbons (Fsp3) is 1.00. The molecule has 0 aromatic heterocycles. The maximum absolute atomic E-state index is 5.52. The standard InChI is InChI=1S/C25H56O8Si4/c1-26-34(27-2)21-13-9-17-25(18-10-14-22-35(28-3)29-4,19-11-15-23-36(30-5)31-6)20-12-16-24-37(32-7)33-8/h9-24H2,1-8H3. The van der Waals surface area contributed by atoms with Crippen LogP contribution in [0.3, 0.4) is 0 Å². The summed E-state index contributed by atoms with van der Waals surface area (Å²) in [6, 6.07) is 4.18. The Labute approximate surface area is 235 Å². The molecule has 0 unspecified atom stereocenters. The zero-order chi connectivity index (χ0) is 27.8. The van der Waals surface area contributed by atoms with Crippen LogP contribution in [0.15, 0.2) is 0 Å². The van der Waals surface area contributed by atoms with E-state index in [1.165, 1.54) is 77.0 Å². The van der Waals surface area contributed by atoms with Crippen LogP contribution in [0.1, 0.15) is 77.0 Å². The molecule has 0 fully saturated rings. The Morgan fingerprint density at radius 2 is 0.514 bits per heavy atom. The summed E-state index contributed by atoms with van der Waals surface area (Å²) in [7, 11) is 9.65. The topological polar surface area (TPSA) is 73.8 Å². The minimum absolute atomic E-state index is 0.361. The molecule has 0 atom stereocenters. The van der Waals surface area contributed by atoms with Gasteiger partial charge in [-0.05, 0) is 55.3 Å². The zero-order valence-electron chi connectivity index (χ0n) is 25.1. The van der Waals surface area contributed by atoms with Crippen molar-refractivity contribution in [2.45, 2.75) is 101 Å². The van der Waals surface area contributed by atoms with Crippen LogP contribution in [0.4, 0.5) is 0 Å². The Morgan fingerprint density at radius 1 is 0.324 bits per heavy atom. The predicted octanol–water partition coefficient (Wildman–Crippen LogP) is 5.78. The Balaban J connectivity index is 5.24. The Kier molecular flexibility index (Phi) is 25.9. The van der Waals surface area contributed by atoms with E-state index in [-0.39, 0.29) is 0 Å². The molecule has 0 spiro atoms. The lowest BCUT2D eigenvalue weighted by atomic mass is 9.71. The molecule has 0 aliphatic rings. The summed E-state index contributed by atoms with van der Waals surface area (Å²) in [6.07, 6.45) is 14.6. The Morgan fingerprint density at radius 3 is 0.676 bits per heavy atom. The summed E-state index contributed by atoms with van der Waals surface area (Å²) in [5.74, 6) is 0. The molecule has 0 bridgehead atoms. The van der Waals surface area contributed by atoms with Crippen LogP contribution in [0.25, 0.3) is 0 Å². The van der Waals surface area contributed by atoms with Gasteiger partial charge in [0.25, 0.3) is 0 Å². The first-order chi connectivity index (χ1) is 18.0. The summed E-state index contributed by atoms with van der Waals surface area (Å²) in [5.41, 5.74) is 0.361. The molecule has 0 rings (SSSR count). The lowest BCUT2D eigenvalue weighted by Crippen LogP contribution is -2.24. The summed E-state index contributed by atoms with van der Waals surface area (Å²) in [6.45, 7) is 0. The van der Waals surface area contributed by atoms with Crippen molar-refractivity contribution in [2.75, 3.05) is 56.9 Å². The van der Waals surface area contributed by atoms with Crippen LogP contribution in [-0.2, 0) is 35.4 Å². The number of unbranched alkanes of at least 4 members (excludes halogenated alkanes) is 4. The lowest BCUT2D eigenvalue weighted by molar-refractivity contribution is 0.174. The van der Waals surface area contributed by atoms with E-state index >= 15 is 0 Å². The van der Waals surface area contributed by atoms with Gasteiger partial charge in [-0.3, -0.25) is 0 Å². The second-order valence-corrected chi connectivity index (χ2v) is 17.7. The van der Waals surface area contributed by atoms with Crippen molar-refractivity contribution in [1.82, 2.24) is 0 Å². The first-order valence-electron chi connectivity index (χ1n) is 13.7. The van der Waals surface area contributed by atoms with Crippen LogP contribution < -0.4 is 0 Å². The molecule has 0 amide bonds. The van der Waals surface area contributed by atoms with Crippen LogP contribution in [0, 0.1) is 5.41 Å². The third-order valence-electron chi connectivity index (χ3n) is 7.17. The molecule has 0 aromatic rings. The van der Waals surface area contributed by atoms with Crippen LogP contribution in [0.2, 0.25) is 24.2 Å². The highest BCUT2D eigenvalue weighted by atomic mass is 28.3. The average Bonchev–Trinajstić information content (AvgIpc) is 2.93. The third kappa shape index (κ3) is 18.5. The molecule has 0 aromatic carbocycles. The summed E-state index contributed by atoms with van der Waals surface area (Å²) < 4.78 is 44.1. The van der Waals surface area contributed by atoms with E-state index in [4.69, 9.17) is 35.4 Å². The minimum Gasteiger partial charge on any atom is -0.397 e. The molecule has 0 saturated carbocycles. The van der Waals surface area contributed by atoms with E-state index in [2.05, 4.69) is 0 Å². The first kappa shape index (κ1) is 37.5. The smallest absolute Gasteiger partial charge is 0.384 e. The van der Waals surface area contributed by atoms with Gasteiger partial charge in [-0.15, -0.1) is 0 Å². The maximum Gasteiger partial charge on any atom is 0.384 e. The fourth-order valence-corrected chi connectivity index (χ4v) is 9.43.